The molecule has 1 aromatic rings. The fraction of sp³-hybridized carbons (Fsp3) is 0.556. The number of nitrogens with zero attached hydrogens (tertiary/aromatic N) is 1. The monoisotopic (exact) mass is 331 g/mol. The quantitative estimate of drug-likeness (QED) is 0.851. The van der Waals surface area contributed by atoms with E-state index in [1.807, 2.05) is 30.3 Å². The molecule has 0 bridgehead atoms. The number of hydrogen-bond acceptors (Lipinski definition) is 4. The number of carbonyl (C=O) groups excluding carboxylic acids is 2. The summed E-state index contributed by atoms with van der Waals surface area (Å²) >= 11 is 0. The van der Waals surface area contributed by atoms with E-state index in [-0.39, 0.29) is 31.1 Å². The van der Waals surface area contributed by atoms with Gasteiger partial charge < -0.3 is 20.3 Å². The highest BCUT2D eigenvalue weighted by Crippen LogP contribution is 2.15. The largest absolute Gasteiger partial charge is 0.369 e. The van der Waals surface area contributed by atoms with Gasteiger partial charge in [-0.15, -0.1) is 0 Å². The Bertz CT molecular complexity index is 578. The molecule has 2 N–H and O–H groups in total. The molecule has 24 heavy (non-hydrogen) atoms. The molecule has 1 aromatic carbocycles. The summed E-state index contributed by atoms with van der Waals surface area (Å²) in [5.41, 5.74) is 1.01. The van der Waals surface area contributed by atoms with Gasteiger partial charge in [0.2, 0.25) is 11.8 Å². The molecule has 2 unspecified atom stereocenters. The van der Waals surface area contributed by atoms with E-state index < -0.39 is 6.04 Å². The van der Waals surface area contributed by atoms with Gasteiger partial charge in [0.05, 0.1) is 6.61 Å². The molecule has 0 aliphatic carbocycles. The standard InChI is InChI=1S/C18H25N3O3/c1-13-9-15(7-8-19-13)20-18(23)16-11-24-12-17(22)21(16)10-14-5-3-2-4-6-14/h2-6,13,15-16,19H,7-12H2,1H3,(H,20,23)/t13?,15?,16-/m1/s1. The van der Waals surface area contributed by atoms with Gasteiger partial charge in [0.1, 0.15) is 12.6 Å². The van der Waals surface area contributed by atoms with Gasteiger partial charge in [-0.2, -0.15) is 0 Å². The Balaban J connectivity index is 1.66. The average Bonchev–Trinajstić information content (AvgIpc) is 2.57. The minimum Gasteiger partial charge on any atom is -0.369 e. The van der Waals surface area contributed by atoms with Gasteiger partial charge in [0.25, 0.3) is 0 Å². The Kier molecular flexibility index (Phi) is 5.48. The molecule has 2 amide bonds. The predicted octanol–water partition coefficient (Wildman–Crippen LogP) is 0.671. The van der Waals surface area contributed by atoms with Crippen molar-refractivity contribution in [3.63, 3.8) is 0 Å². The molecule has 2 aliphatic rings. The van der Waals surface area contributed by atoms with Crippen LogP contribution in [-0.4, -0.2) is 54.6 Å². The first kappa shape index (κ1) is 16.9. The van der Waals surface area contributed by atoms with Crippen molar-refractivity contribution in [3.05, 3.63) is 35.9 Å². The Morgan fingerprint density at radius 2 is 2.17 bits per heavy atom. The summed E-state index contributed by atoms with van der Waals surface area (Å²) in [6, 6.07) is 9.73. The molecule has 0 saturated carbocycles. The van der Waals surface area contributed by atoms with Crippen LogP contribution >= 0.6 is 0 Å². The lowest BCUT2D eigenvalue weighted by molar-refractivity contribution is -0.156. The average molecular weight is 331 g/mol. The summed E-state index contributed by atoms with van der Waals surface area (Å²) in [4.78, 5) is 26.6. The highest BCUT2D eigenvalue weighted by Gasteiger charge is 2.35. The molecule has 130 valence electrons. The lowest BCUT2D eigenvalue weighted by atomic mass is 10.00. The molecule has 3 rings (SSSR count). The van der Waals surface area contributed by atoms with Crippen molar-refractivity contribution in [2.75, 3.05) is 19.8 Å². The van der Waals surface area contributed by atoms with E-state index in [1.165, 1.54) is 0 Å². The zero-order valence-electron chi connectivity index (χ0n) is 14.0. The number of piperidine rings is 1. The van der Waals surface area contributed by atoms with E-state index in [0.717, 1.165) is 24.9 Å². The van der Waals surface area contributed by atoms with Gasteiger partial charge in [-0.1, -0.05) is 30.3 Å². The highest BCUT2D eigenvalue weighted by atomic mass is 16.5. The first-order valence-electron chi connectivity index (χ1n) is 8.58. The van der Waals surface area contributed by atoms with Gasteiger partial charge in [-0.05, 0) is 31.9 Å². The van der Waals surface area contributed by atoms with Crippen LogP contribution in [0.4, 0.5) is 0 Å². The summed E-state index contributed by atoms with van der Waals surface area (Å²) in [6.07, 6.45) is 1.82. The smallest absolute Gasteiger partial charge is 0.249 e. The maximum Gasteiger partial charge on any atom is 0.249 e. The van der Waals surface area contributed by atoms with Gasteiger partial charge in [-0.3, -0.25) is 9.59 Å². The van der Waals surface area contributed by atoms with E-state index in [2.05, 4.69) is 17.6 Å². The highest BCUT2D eigenvalue weighted by molar-refractivity contribution is 5.89. The topological polar surface area (TPSA) is 70.7 Å². The molecule has 6 nitrogen and oxygen atoms in total. The maximum atomic E-state index is 12.7. The summed E-state index contributed by atoms with van der Waals surface area (Å²) in [5.74, 6) is -0.248. The zero-order chi connectivity index (χ0) is 16.9. The van der Waals surface area contributed by atoms with Gasteiger partial charge in [-0.25, -0.2) is 0 Å². The number of benzene rings is 1. The van der Waals surface area contributed by atoms with Crippen LogP contribution in [0.15, 0.2) is 30.3 Å². The third-order valence-electron chi connectivity index (χ3n) is 4.67. The van der Waals surface area contributed by atoms with E-state index >= 15 is 0 Å². The second kappa shape index (κ2) is 7.77. The number of ether oxygens (including phenoxy) is 1. The van der Waals surface area contributed by atoms with Crippen LogP contribution in [0.25, 0.3) is 0 Å². The van der Waals surface area contributed by atoms with Crippen LogP contribution in [0.5, 0.6) is 0 Å². The lowest BCUT2D eigenvalue weighted by Crippen LogP contribution is -2.58. The van der Waals surface area contributed by atoms with E-state index in [1.54, 1.807) is 4.90 Å². The molecule has 2 aliphatic heterocycles. The van der Waals surface area contributed by atoms with Crippen molar-refractivity contribution in [2.45, 2.75) is 44.4 Å². The Morgan fingerprint density at radius 1 is 1.38 bits per heavy atom. The van der Waals surface area contributed by atoms with E-state index in [0.29, 0.717) is 12.6 Å². The molecular formula is C18H25N3O3. The number of amides is 2. The van der Waals surface area contributed by atoms with Crippen LogP contribution in [0.3, 0.4) is 0 Å². The maximum absolute atomic E-state index is 12.7. The second-order valence-electron chi connectivity index (χ2n) is 6.62. The number of hydrogen-bond donors (Lipinski definition) is 2. The Labute approximate surface area is 142 Å². The molecule has 3 atom stereocenters. The van der Waals surface area contributed by atoms with Crippen molar-refractivity contribution < 1.29 is 14.3 Å². The van der Waals surface area contributed by atoms with Crippen LogP contribution in [0.2, 0.25) is 0 Å². The molecular weight excluding hydrogens is 306 g/mol. The number of morpholine rings is 1. The number of carbonyl (C=O) groups is 2. The fourth-order valence-corrected chi connectivity index (χ4v) is 3.36. The van der Waals surface area contributed by atoms with E-state index in [9.17, 15) is 9.59 Å². The summed E-state index contributed by atoms with van der Waals surface area (Å²) in [5, 5.41) is 6.48. The second-order valence-corrected chi connectivity index (χ2v) is 6.62. The van der Waals surface area contributed by atoms with Gasteiger partial charge in [0, 0.05) is 18.6 Å². The van der Waals surface area contributed by atoms with Crippen molar-refractivity contribution in [1.82, 2.24) is 15.5 Å². The summed E-state index contributed by atoms with van der Waals surface area (Å²) < 4.78 is 5.33. The first-order chi connectivity index (χ1) is 11.6. The zero-order valence-corrected chi connectivity index (χ0v) is 14.0. The van der Waals surface area contributed by atoms with Crippen molar-refractivity contribution in [3.8, 4) is 0 Å². The number of nitrogens with one attached hydrogen (secondary N) is 2. The molecule has 0 radical (unpaired) electrons. The minimum absolute atomic E-state index is 0.0427. The minimum atomic E-state index is -0.559. The third-order valence-corrected chi connectivity index (χ3v) is 4.67. The van der Waals surface area contributed by atoms with Crippen molar-refractivity contribution in [2.24, 2.45) is 0 Å². The first-order valence-corrected chi connectivity index (χ1v) is 8.58. The SMILES string of the molecule is CC1CC(NC(=O)[C@H]2COCC(=O)N2Cc2ccccc2)CCN1. The molecule has 0 aromatic heterocycles. The fourth-order valence-electron chi connectivity index (χ4n) is 3.36. The van der Waals surface area contributed by atoms with Gasteiger partial charge in [0.15, 0.2) is 0 Å². The predicted molar refractivity (Wildman–Crippen MR) is 90.2 cm³/mol. The van der Waals surface area contributed by atoms with Crippen LogP contribution < -0.4 is 10.6 Å². The lowest BCUT2D eigenvalue weighted by Gasteiger charge is -2.36. The van der Waals surface area contributed by atoms with Gasteiger partial charge >= 0.3 is 0 Å². The molecule has 2 heterocycles. The van der Waals surface area contributed by atoms with Crippen LogP contribution in [-0.2, 0) is 20.9 Å². The Morgan fingerprint density at radius 3 is 2.92 bits per heavy atom. The number of rotatable bonds is 4. The normalized spacial score (nSPS) is 27.8. The third kappa shape index (κ3) is 4.13. The van der Waals surface area contributed by atoms with Crippen LogP contribution in [0.1, 0.15) is 25.3 Å². The van der Waals surface area contributed by atoms with E-state index in [4.69, 9.17) is 4.74 Å². The van der Waals surface area contributed by atoms with Crippen molar-refractivity contribution >= 4 is 11.8 Å². The Hall–Kier alpha value is -1.92. The molecule has 2 saturated heterocycles. The van der Waals surface area contributed by atoms with Crippen molar-refractivity contribution in [1.29, 1.82) is 0 Å². The molecule has 6 heteroatoms. The summed E-state index contributed by atoms with van der Waals surface area (Å²) in [7, 11) is 0. The summed E-state index contributed by atoms with van der Waals surface area (Å²) in [6.45, 7) is 3.75. The van der Waals surface area contributed by atoms with Crippen LogP contribution in [0, 0.1) is 0 Å². The molecule has 2 fully saturated rings. The molecule has 0 spiro atoms.